The lowest BCUT2D eigenvalue weighted by Crippen LogP contribution is -2.09. The van der Waals surface area contributed by atoms with Gasteiger partial charge >= 0.3 is 13.3 Å². The number of aliphatic hydroxyl groups is 1. The molecular formula is C8H11BO6. The number of carbonyl (C=O) groups is 1. The molecule has 0 bridgehead atoms. The molecule has 1 rings (SSSR count). The summed E-state index contributed by atoms with van der Waals surface area (Å²) in [4.78, 5) is 10.2. The molecule has 1 atom stereocenters. The minimum Gasteiger partial charge on any atom is -0.479 e. The third-order valence-corrected chi connectivity index (χ3v) is 1.35. The second-order valence-electron chi connectivity index (χ2n) is 2.50. The number of carboxylic acid groups (broad SMARTS) is 1. The molecule has 0 spiro atoms. The maximum atomic E-state index is 10.2. The first-order chi connectivity index (χ1) is 6.95. The first-order valence-corrected chi connectivity index (χ1v) is 3.95. The summed E-state index contributed by atoms with van der Waals surface area (Å²) in [7, 11) is -2.17. The van der Waals surface area contributed by atoms with Crippen LogP contribution >= 0.6 is 0 Å². The third-order valence-electron chi connectivity index (χ3n) is 1.35. The molecule has 0 saturated carbocycles. The van der Waals surface area contributed by atoms with Gasteiger partial charge in [0.2, 0.25) is 0 Å². The van der Waals surface area contributed by atoms with Crippen molar-refractivity contribution in [1.82, 2.24) is 0 Å². The van der Waals surface area contributed by atoms with Crippen LogP contribution in [0, 0.1) is 0 Å². The predicted molar refractivity (Wildman–Crippen MR) is 51.4 cm³/mol. The number of rotatable bonds is 2. The Morgan fingerprint density at radius 2 is 1.53 bits per heavy atom. The average Bonchev–Trinajstić information content (AvgIpc) is 2.17. The summed E-state index contributed by atoms with van der Waals surface area (Å²) >= 11 is 0. The Bertz CT molecular complexity index is 286. The number of hydrogen-bond donors (Lipinski definition) is 5. The lowest BCUT2D eigenvalue weighted by atomic mass is 10.1. The molecule has 0 amide bonds. The number of carboxylic acids is 1. The standard InChI is InChI=1S/C8H8O3.BH3O3/c9-7(8(10)11)6-4-2-1-3-5-6;2-1(3)4/h1-5,7,9H,(H,10,11);2-4H. The summed E-state index contributed by atoms with van der Waals surface area (Å²) < 4.78 is 0. The van der Waals surface area contributed by atoms with Crippen molar-refractivity contribution in [3.05, 3.63) is 35.9 Å². The minimum atomic E-state index is -2.17. The molecule has 0 aliphatic rings. The van der Waals surface area contributed by atoms with E-state index in [4.69, 9.17) is 25.3 Å². The van der Waals surface area contributed by atoms with Crippen LogP contribution in [0.3, 0.4) is 0 Å². The van der Waals surface area contributed by atoms with E-state index in [1.165, 1.54) is 0 Å². The van der Waals surface area contributed by atoms with E-state index in [1.807, 2.05) is 0 Å². The Hall–Kier alpha value is -1.41. The van der Waals surface area contributed by atoms with Crippen LogP contribution < -0.4 is 0 Å². The largest absolute Gasteiger partial charge is 0.631 e. The normalized spacial score (nSPS) is 10.9. The molecule has 0 heterocycles. The molecule has 7 heteroatoms. The highest BCUT2D eigenvalue weighted by molar-refractivity contribution is 6.30. The van der Waals surface area contributed by atoms with Crippen molar-refractivity contribution in [3.63, 3.8) is 0 Å². The molecule has 0 aliphatic carbocycles. The zero-order valence-corrected chi connectivity index (χ0v) is 7.69. The Morgan fingerprint density at radius 3 is 1.87 bits per heavy atom. The van der Waals surface area contributed by atoms with Gasteiger partial charge in [-0.3, -0.25) is 0 Å². The predicted octanol–water partition coefficient (Wildman–Crippen LogP) is -1.25. The SMILES string of the molecule is O=C(O)C(O)c1ccccc1.OB(O)O. The number of hydrogen-bond acceptors (Lipinski definition) is 5. The van der Waals surface area contributed by atoms with E-state index in [1.54, 1.807) is 30.3 Å². The van der Waals surface area contributed by atoms with Crippen LogP contribution in [-0.2, 0) is 4.79 Å². The molecular weight excluding hydrogens is 203 g/mol. The van der Waals surface area contributed by atoms with Gasteiger partial charge in [-0.15, -0.1) is 0 Å². The Labute approximate surface area is 86.2 Å². The second kappa shape index (κ2) is 6.96. The Kier molecular flexibility index (Phi) is 6.31. The molecule has 6 nitrogen and oxygen atoms in total. The van der Waals surface area contributed by atoms with Gasteiger partial charge in [-0.2, -0.15) is 0 Å². The van der Waals surface area contributed by atoms with Gasteiger partial charge < -0.3 is 25.3 Å². The van der Waals surface area contributed by atoms with Crippen molar-refractivity contribution in [3.8, 4) is 0 Å². The van der Waals surface area contributed by atoms with E-state index < -0.39 is 19.4 Å². The molecule has 1 unspecified atom stereocenters. The highest BCUT2D eigenvalue weighted by atomic mass is 16.5. The molecule has 5 N–H and O–H groups in total. The second-order valence-corrected chi connectivity index (χ2v) is 2.50. The van der Waals surface area contributed by atoms with Gasteiger partial charge in [0.15, 0.2) is 6.10 Å². The van der Waals surface area contributed by atoms with Crippen molar-refractivity contribution in [2.45, 2.75) is 6.10 Å². The molecule has 0 aromatic heterocycles. The van der Waals surface area contributed by atoms with E-state index in [2.05, 4.69) is 0 Å². The van der Waals surface area contributed by atoms with Crippen LogP contribution in [0.25, 0.3) is 0 Å². The van der Waals surface area contributed by atoms with Crippen LogP contribution in [0.4, 0.5) is 0 Å². The minimum absolute atomic E-state index is 0.403. The maximum absolute atomic E-state index is 10.2. The van der Waals surface area contributed by atoms with Gasteiger partial charge in [-0.05, 0) is 5.56 Å². The number of aliphatic carboxylic acids is 1. The van der Waals surface area contributed by atoms with Crippen LogP contribution in [-0.4, -0.2) is 38.6 Å². The molecule has 0 saturated heterocycles. The van der Waals surface area contributed by atoms with E-state index in [0.29, 0.717) is 5.56 Å². The Balaban J connectivity index is 0.000000423. The first-order valence-electron chi connectivity index (χ1n) is 3.95. The fraction of sp³-hybridized carbons (Fsp3) is 0.125. The van der Waals surface area contributed by atoms with E-state index in [-0.39, 0.29) is 0 Å². The summed E-state index contributed by atoms with van der Waals surface area (Å²) in [6.07, 6.45) is -1.41. The summed E-state index contributed by atoms with van der Waals surface area (Å²) in [5.41, 5.74) is 0.403. The highest BCUT2D eigenvalue weighted by Gasteiger charge is 2.14. The van der Waals surface area contributed by atoms with Gasteiger partial charge in [0.05, 0.1) is 0 Å². The Morgan fingerprint density at radius 1 is 1.13 bits per heavy atom. The maximum Gasteiger partial charge on any atom is 0.631 e. The zero-order chi connectivity index (χ0) is 11.8. The quantitative estimate of drug-likeness (QED) is 0.392. The van der Waals surface area contributed by atoms with Gasteiger partial charge in [0.1, 0.15) is 0 Å². The van der Waals surface area contributed by atoms with E-state index in [0.717, 1.165) is 0 Å². The van der Waals surface area contributed by atoms with Crippen molar-refractivity contribution in [1.29, 1.82) is 0 Å². The van der Waals surface area contributed by atoms with Crippen LogP contribution in [0.2, 0.25) is 0 Å². The van der Waals surface area contributed by atoms with Crippen LogP contribution in [0.5, 0.6) is 0 Å². The molecule has 0 aliphatic heterocycles. The van der Waals surface area contributed by atoms with Crippen molar-refractivity contribution >= 4 is 13.3 Å². The summed E-state index contributed by atoms with van der Waals surface area (Å²) in [5, 5.41) is 38.9. The van der Waals surface area contributed by atoms with Gasteiger partial charge in [0, 0.05) is 0 Å². The third kappa shape index (κ3) is 6.64. The molecule has 0 radical (unpaired) electrons. The summed E-state index contributed by atoms with van der Waals surface area (Å²) in [5.74, 6) is -1.23. The van der Waals surface area contributed by atoms with Crippen molar-refractivity contribution in [2.24, 2.45) is 0 Å². The fourth-order valence-corrected chi connectivity index (χ4v) is 0.778. The molecule has 1 aromatic rings. The van der Waals surface area contributed by atoms with Gasteiger partial charge in [0.25, 0.3) is 0 Å². The first kappa shape index (κ1) is 13.6. The van der Waals surface area contributed by atoms with Gasteiger partial charge in [-0.1, -0.05) is 30.3 Å². The molecule has 82 valence electrons. The monoisotopic (exact) mass is 214 g/mol. The van der Waals surface area contributed by atoms with Crippen molar-refractivity contribution < 1.29 is 30.1 Å². The van der Waals surface area contributed by atoms with Crippen LogP contribution in [0.1, 0.15) is 11.7 Å². The van der Waals surface area contributed by atoms with Crippen LogP contribution in [0.15, 0.2) is 30.3 Å². The van der Waals surface area contributed by atoms with Crippen molar-refractivity contribution in [2.75, 3.05) is 0 Å². The van der Waals surface area contributed by atoms with Gasteiger partial charge in [-0.25, -0.2) is 4.79 Å². The number of aliphatic hydroxyl groups excluding tert-OH is 1. The summed E-state index contributed by atoms with van der Waals surface area (Å²) in [6.45, 7) is 0. The number of benzene rings is 1. The van der Waals surface area contributed by atoms with E-state index in [9.17, 15) is 4.79 Å². The molecule has 1 aromatic carbocycles. The molecule has 0 fully saturated rings. The average molecular weight is 214 g/mol. The molecule has 15 heavy (non-hydrogen) atoms. The summed E-state index contributed by atoms with van der Waals surface area (Å²) in [6, 6.07) is 8.26. The van der Waals surface area contributed by atoms with E-state index >= 15 is 0 Å². The lowest BCUT2D eigenvalue weighted by molar-refractivity contribution is -0.146. The smallest absolute Gasteiger partial charge is 0.479 e. The topological polar surface area (TPSA) is 118 Å². The fourth-order valence-electron chi connectivity index (χ4n) is 0.778. The lowest BCUT2D eigenvalue weighted by Gasteiger charge is -2.03. The highest BCUT2D eigenvalue weighted by Crippen LogP contribution is 2.10. The zero-order valence-electron chi connectivity index (χ0n) is 7.69.